The van der Waals surface area contributed by atoms with Crippen molar-refractivity contribution in [2.24, 2.45) is 99.2 Å². The number of nitrogens with two attached hydrogens (primary N) is 8. The molecule has 0 rings (SSSR count). The molecule has 0 spiro atoms. The third-order valence-corrected chi connectivity index (χ3v) is 23.2. The minimum absolute atomic E-state index is 0.0131. The maximum absolute atomic E-state index is 15.0. The molecule has 15 atom stereocenters. The Hall–Kier alpha value is -9.33. The lowest BCUT2D eigenvalue weighted by atomic mass is 9.97. The monoisotopic (exact) mass is 1970 g/mol. The van der Waals surface area contributed by atoms with E-state index in [1.807, 2.05) is 111 Å². The van der Waals surface area contributed by atoms with Gasteiger partial charge in [0.1, 0.15) is 84.6 Å². The van der Waals surface area contributed by atoms with Gasteiger partial charge in [0, 0.05) is 13.0 Å². The van der Waals surface area contributed by atoms with Gasteiger partial charge in [-0.25, -0.2) is 5.84 Å². The zero-order valence-electron chi connectivity index (χ0n) is 87.3. The first-order valence-corrected chi connectivity index (χ1v) is 51.3. The van der Waals surface area contributed by atoms with Gasteiger partial charge in [0.15, 0.2) is 0 Å². The van der Waals surface area contributed by atoms with Gasteiger partial charge in [0.05, 0.1) is 12.6 Å². The Morgan fingerprint density at radius 1 is 0.209 bits per heavy atom. The predicted molar refractivity (Wildman–Crippen MR) is 540 cm³/mol. The molecular weight excluding hydrogens is 1790 g/mol. The molecule has 0 aliphatic rings. The van der Waals surface area contributed by atoms with Crippen molar-refractivity contribution in [2.45, 2.75) is 408 Å². The van der Waals surface area contributed by atoms with Gasteiger partial charge in [-0.15, -0.1) is 0 Å². The number of hydrazine groups is 1. The highest BCUT2D eigenvalue weighted by Crippen LogP contribution is 2.20. The minimum Gasteiger partial charge on any atom is -0.355 e. The van der Waals surface area contributed by atoms with Crippen LogP contribution in [0, 0.1) is 53.3 Å². The fraction of sp³-hybridized carbons (Fsp3) is 0.825. The quantitative estimate of drug-likeness (QED) is 0.0172. The number of hydrogen-bond donors (Lipinski definition) is 25. The van der Waals surface area contributed by atoms with Crippen LogP contribution in [0.3, 0.4) is 0 Å². The number of amides is 17. The van der Waals surface area contributed by atoms with Crippen molar-refractivity contribution in [2.75, 3.05) is 52.4 Å². The molecule has 0 saturated heterocycles. The first-order valence-electron chi connectivity index (χ1n) is 51.3. The van der Waals surface area contributed by atoms with Crippen LogP contribution in [0.2, 0.25) is 0 Å². The molecule has 0 aromatic carbocycles. The smallest absolute Gasteiger partial charge is 0.243 e. The molecule has 0 fully saturated rings. The van der Waals surface area contributed by atoms with Crippen LogP contribution in [-0.2, 0) is 81.5 Å². The van der Waals surface area contributed by atoms with Gasteiger partial charge >= 0.3 is 0 Å². The molecule has 0 saturated carbocycles. The third kappa shape index (κ3) is 58.0. The van der Waals surface area contributed by atoms with E-state index in [2.05, 4.69) is 90.5 Å². The second-order valence-corrected chi connectivity index (χ2v) is 40.8. The Morgan fingerprint density at radius 3 is 0.640 bits per heavy atom. The van der Waals surface area contributed by atoms with Crippen molar-refractivity contribution in [1.29, 1.82) is 0 Å². The highest BCUT2D eigenvalue weighted by atomic mass is 16.2. The Kier molecular flexibility index (Phi) is 68.8. The maximum atomic E-state index is 15.0. The molecule has 0 radical (unpaired) electrons. The van der Waals surface area contributed by atoms with Gasteiger partial charge in [-0.1, -0.05) is 131 Å². The van der Waals surface area contributed by atoms with Crippen LogP contribution >= 0.6 is 0 Å². The lowest BCUT2D eigenvalue weighted by molar-refractivity contribution is -0.137. The summed E-state index contributed by atoms with van der Waals surface area (Å²) in [5.41, 5.74) is 43.6. The molecule has 802 valence electrons. The SMILES string of the molecule is CC(C)C[C@H](NC(=O)[C@H](CCCCN)NC(=O)[C@H](CC(C)C)NC(=O)[C@H](CC(C)C)NC(=O)[C@H](CCCCN)NC(=O)[C@H](CCCCN)NC(=O)[C@H](CC(C)C)NC(=O)[C@H](CC(C)C)NC(=O)[C@@H](NC(=O)[C@H](CC(C)C)NC(=O)[C@H](CC(C)C)NC(=O)[C@H](CCCCN)NC(=O)[C@H](CCCCN)NC(=O)[C@@H](N)CC(C)C)C(C)C)C(=O)N[C@@H](CCCCN)C(=O)NCC(=O)NCCCCCC(=O)NN. The first kappa shape index (κ1) is 130. The van der Waals surface area contributed by atoms with E-state index >= 15 is 0 Å². The lowest BCUT2D eigenvalue weighted by Crippen LogP contribution is -2.61. The number of unbranched alkanes of at least 4 members (excludes halogenated alkanes) is 8. The van der Waals surface area contributed by atoms with Crippen LogP contribution in [0.4, 0.5) is 0 Å². The normalized spacial score (nSPS) is 14.8. The second kappa shape index (κ2) is 73.7. The molecule has 42 nitrogen and oxygen atoms in total. The van der Waals surface area contributed by atoms with E-state index in [0.717, 1.165) is 0 Å². The van der Waals surface area contributed by atoms with E-state index in [-0.39, 0.29) is 169 Å². The van der Waals surface area contributed by atoms with Crippen molar-refractivity contribution in [3.63, 3.8) is 0 Å². The molecule has 0 aliphatic carbocycles. The van der Waals surface area contributed by atoms with Gasteiger partial charge in [-0.2, -0.15) is 0 Å². The van der Waals surface area contributed by atoms with E-state index < -0.39 is 198 Å². The Morgan fingerprint density at radius 2 is 0.417 bits per heavy atom. The van der Waals surface area contributed by atoms with Gasteiger partial charge in [0.2, 0.25) is 100 Å². The van der Waals surface area contributed by atoms with Crippen molar-refractivity contribution in [3.05, 3.63) is 0 Å². The van der Waals surface area contributed by atoms with Gasteiger partial charge in [0.25, 0.3) is 0 Å². The van der Waals surface area contributed by atoms with Crippen molar-refractivity contribution in [3.8, 4) is 0 Å². The molecule has 0 aromatic rings. The molecule has 42 heteroatoms. The molecule has 0 bridgehead atoms. The summed E-state index contributed by atoms with van der Waals surface area (Å²) in [6, 6.07) is -18.5. The van der Waals surface area contributed by atoms with Crippen molar-refractivity contribution in [1.82, 2.24) is 90.5 Å². The summed E-state index contributed by atoms with van der Waals surface area (Å²) >= 11 is 0. The molecule has 33 N–H and O–H groups in total. The summed E-state index contributed by atoms with van der Waals surface area (Å²) in [6.07, 6.45) is 8.59. The average molecular weight is 1980 g/mol. The number of rotatable bonds is 78. The van der Waals surface area contributed by atoms with Crippen LogP contribution < -0.4 is 136 Å². The number of nitrogens with one attached hydrogen (secondary N) is 17. The molecule has 0 heterocycles. The van der Waals surface area contributed by atoms with E-state index in [1.165, 1.54) is 0 Å². The largest absolute Gasteiger partial charge is 0.355 e. The van der Waals surface area contributed by atoms with Crippen LogP contribution in [0.25, 0.3) is 0 Å². The van der Waals surface area contributed by atoms with Crippen LogP contribution in [-0.4, -0.2) is 243 Å². The Bertz CT molecular complexity index is 3670. The fourth-order valence-electron chi connectivity index (χ4n) is 15.7. The van der Waals surface area contributed by atoms with Crippen molar-refractivity contribution < 1.29 is 81.5 Å². The van der Waals surface area contributed by atoms with Gasteiger partial charge < -0.3 is 125 Å². The van der Waals surface area contributed by atoms with E-state index in [4.69, 9.17) is 46.0 Å². The summed E-state index contributed by atoms with van der Waals surface area (Å²) in [5.74, 6) is -8.49. The van der Waals surface area contributed by atoms with Crippen molar-refractivity contribution >= 4 is 100 Å². The van der Waals surface area contributed by atoms with Crippen LogP contribution in [0.5, 0.6) is 0 Å². The zero-order valence-corrected chi connectivity index (χ0v) is 87.3. The highest BCUT2D eigenvalue weighted by Gasteiger charge is 2.40. The van der Waals surface area contributed by atoms with E-state index in [0.29, 0.717) is 122 Å². The zero-order chi connectivity index (χ0) is 106. The summed E-state index contributed by atoms with van der Waals surface area (Å²) in [6.45, 7) is 34.3. The highest BCUT2D eigenvalue weighted by molar-refractivity contribution is 6.01. The molecule has 0 aliphatic heterocycles. The molecule has 0 unspecified atom stereocenters. The van der Waals surface area contributed by atoms with Gasteiger partial charge in [-0.3, -0.25) is 86.9 Å². The Labute approximate surface area is 828 Å². The summed E-state index contributed by atoms with van der Waals surface area (Å²) in [5, 5.41) is 44.8. The molecular formula is C97H187N25O17. The third-order valence-electron chi connectivity index (χ3n) is 23.2. The summed E-state index contributed by atoms with van der Waals surface area (Å²) in [7, 11) is 0. The molecule has 17 amide bonds. The van der Waals surface area contributed by atoms with E-state index in [1.54, 1.807) is 13.8 Å². The Balaban J connectivity index is 7.33. The standard InChI is InChI=1S/C97H187N25O17/c1-57(2)48-66(104)83(125)108-68(35-22-28-42-99)85(127)110-70(37-24-30-44-101)87(129)116-77(53-62(11)12)94(136)119-79(55-64(15)16)96(138)121-82(65(17)18)97(139)120-78(54-63(13)14)95(137)118-75(51-60(7)8)91(133)112-69(36-23-29-43-100)86(128)111-71(38-25-31-45-102)88(130)115-76(52-61(9)10)93(135)117-74(50-59(5)6)92(134)113-72(39-26-32-46-103)89(131)114-73(49-58(3)4)90(132)109-67(34-21-27-41-98)84(126)107-56-81(124)106-47-33-19-20-40-80(123)122-105/h57-79,82H,19-56,98-105H2,1-18H3,(H,106,124)(H,107,126)(H,108,125)(H,109,132)(H,110,127)(H,111,128)(H,112,133)(H,113,134)(H,114,131)(H,115,130)(H,116,129)(H,117,135)(H,118,137)(H,119,136)(H,120,139)(H,121,138)(H,122,123)/t66-,67-,68-,69-,70-,71-,72-,73-,74-,75-,76-,77-,78-,79-,82-/m0/s1. The number of carbonyl (C=O) groups is 17. The van der Waals surface area contributed by atoms with E-state index in [9.17, 15) is 81.5 Å². The van der Waals surface area contributed by atoms with Gasteiger partial charge in [-0.05, 0) is 272 Å². The average Bonchev–Trinajstić information content (AvgIpc) is 0.848. The number of carbonyl (C=O) groups excluding carboxylic acids is 17. The van der Waals surface area contributed by atoms with Crippen LogP contribution in [0.1, 0.15) is 317 Å². The maximum Gasteiger partial charge on any atom is 0.243 e. The summed E-state index contributed by atoms with van der Waals surface area (Å²) in [4.78, 5) is 243. The fourth-order valence-corrected chi connectivity index (χ4v) is 15.7. The first-order chi connectivity index (χ1) is 65.5. The number of hydrogen-bond acceptors (Lipinski definition) is 25. The molecule has 139 heavy (non-hydrogen) atoms. The summed E-state index contributed by atoms with van der Waals surface area (Å²) < 4.78 is 0. The second-order valence-electron chi connectivity index (χ2n) is 40.8. The minimum atomic E-state index is -1.34. The lowest BCUT2D eigenvalue weighted by Gasteiger charge is -2.30. The predicted octanol–water partition coefficient (Wildman–Crippen LogP) is 0.682. The molecule has 0 aromatic heterocycles. The topological polar surface area (TPSA) is 703 Å². The van der Waals surface area contributed by atoms with Crippen LogP contribution in [0.15, 0.2) is 0 Å².